The fraction of sp³-hybridized carbons (Fsp3) is 0.0698. The maximum absolute atomic E-state index is 6.36. The van der Waals surface area contributed by atoms with Gasteiger partial charge in [-0.05, 0) is 149 Å². The van der Waals surface area contributed by atoms with Gasteiger partial charge in [-0.25, -0.2) is 9.97 Å². The zero-order chi connectivity index (χ0) is 66.1. The summed E-state index contributed by atoms with van der Waals surface area (Å²) in [4.78, 5) is 37.4. The maximum Gasteiger partial charge on any atom is 0.495 e. The van der Waals surface area contributed by atoms with E-state index in [2.05, 4.69) is 299 Å². The number of hydrogen-bond acceptors (Lipinski definition) is 10. The SMILES string of the molecule is Brc1c2ccccc2c(-c2cnccn2)c2ccccc12.CC1(C)OB(c2ccc(-c3ccc4ccc5cccnc5c4n3)c3ccccc23)OC1(C)C.c1cnc2c(c1)ccc1ccc(-c3ccc(-c4c5ccccc5c(-c5cnccn5)c5ccccc45)c4ccccc34)nc12. The van der Waals surface area contributed by atoms with Gasteiger partial charge in [-0.15, -0.1) is 0 Å². The molecule has 466 valence electrons. The van der Waals surface area contributed by atoms with Crippen LogP contribution in [-0.4, -0.2) is 58.2 Å². The van der Waals surface area contributed by atoms with Crippen molar-refractivity contribution >= 4 is 137 Å². The minimum Gasteiger partial charge on any atom is -0.399 e. The quantitative estimate of drug-likeness (QED) is 0.0904. The first-order valence-electron chi connectivity index (χ1n) is 32.8. The molecule has 19 rings (SSSR count). The average molecular weight is 1330 g/mol. The summed E-state index contributed by atoms with van der Waals surface area (Å²) in [5.74, 6) is 0. The predicted octanol–water partition coefficient (Wildman–Crippen LogP) is 21.1. The van der Waals surface area contributed by atoms with Gasteiger partial charge >= 0.3 is 7.12 Å². The Hall–Kier alpha value is -11.5. The molecule has 0 saturated carbocycles. The molecule has 18 aromatic rings. The molecule has 6 aromatic heterocycles. The molecule has 0 atom stereocenters. The highest BCUT2D eigenvalue weighted by Gasteiger charge is 2.52. The van der Waals surface area contributed by atoms with E-state index in [9.17, 15) is 0 Å². The highest BCUT2D eigenvalue weighted by Crippen LogP contribution is 2.47. The van der Waals surface area contributed by atoms with Crippen LogP contribution in [0.1, 0.15) is 27.7 Å². The van der Waals surface area contributed by atoms with Gasteiger partial charge in [0.2, 0.25) is 0 Å². The Morgan fingerprint density at radius 1 is 0.286 bits per heavy atom. The van der Waals surface area contributed by atoms with Crippen molar-refractivity contribution in [2.75, 3.05) is 0 Å². The molecule has 7 heterocycles. The largest absolute Gasteiger partial charge is 0.495 e. The molecule has 1 aliphatic heterocycles. The van der Waals surface area contributed by atoms with Crippen LogP contribution in [0.4, 0.5) is 0 Å². The minimum absolute atomic E-state index is 0.384. The standard InChI is InChI=1S/C40H24N4.C28H25BN2O2.C18H11BrN2/c1-2-10-28-27(9-1)29(35-20-17-26-16-15-25-8-7-21-43-39(25)40(26)44-35)18-19-34(28)37-30-11-3-5-13-32(30)38(36-24-41-22-23-42-36)33-14-6-4-12-31(33)37;1-27(2)28(3,4)33-29(32-27)23-15-14-22(20-9-5-6-10-21(20)23)24-16-13-19-12-11-18-8-7-17-30-25(18)26(19)31-24;19-18-14-7-3-1-5-12(14)17(16-11-20-9-10-21-16)13-6-2-4-8-15(13)18/h1-24H;5-17H,1-4H3;1-11H. The Balaban J connectivity index is 0.000000118. The summed E-state index contributed by atoms with van der Waals surface area (Å²) in [6, 6.07) is 84.9. The monoisotopic (exact) mass is 1330 g/mol. The van der Waals surface area contributed by atoms with E-state index >= 15 is 0 Å². The van der Waals surface area contributed by atoms with E-state index in [-0.39, 0.29) is 11.2 Å². The summed E-state index contributed by atoms with van der Waals surface area (Å²) >= 11 is 3.75. The van der Waals surface area contributed by atoms with Crippen molar-refractivity contribution in [3.8, 4) is 56.2 Å². The third kappa shape index (κ3) is 10.4. The molecular formula is C86H60BBrN8O2. The summed E-state index contributed by atoms with van der Waals surface area (Å²) in [6.45, 7) is 8.34. The number of nitrogens with zero attached hydrogens (tertiary/aromatic N) is 8. The fourth-order valence-corrected chi connectivity index (χ4v) is 14.8. The van der Waals surface area contributed by atoms with E-state index in [1.165, 1.54) is 48.8 Å². The lowest BCUT2D eigenvalue weighted by Crippen LogP contribution is -2.41. The smallest absolute Gasteiger partial charge is 0.399 e. The predicted molar refractivity (Wildman–Crippen MR) is 407 cm³/mol. The minimum atomic E-state index is -0.411. The first-order chi connectivity index (χ1) is 48.0. The molecule has 12 aromatic carbocycles. The van der Waals surface area contributed by atoms with Crippen LogP contribution >= 0.6 is 15.9 Å². The van der Waals surface area contributed by atoms with Gasteiger partial charge in [0.1, 0.15) is 0 Å². The Morgan fingerprint density at radius 2 is 0.633 bits per heavy atom. The first-order valence-corrected chi connectivity index (χ1v) is 33.6. The second kappa shape index (κ2) is 24.6. The van der Waals surface area contributed by atoms with Gasteiger partial charge in [-0.3, -0.25) is 29.9 Å². The molecule has 0 N–H and O–H groups in total. The summed E-state index contributed by atoms with van der Waals surface area (Å²) in [5.41, 5.74) is 14.4. The van der Waals surface area contributed by atoms with E-state index < -0.39 is 7.12 Å². The van der Waals surface area contributed by atoms with Crippen molar-refractivity contribution in [1.29, 1.82) is 0 Å². The maximum atomic E-state index is 6.36. The van der Waals surface area contributed by atoms with Crippen molar-refractivity contribution in [3.63, 3.8) is 0 Å². The molecule has 0 spiro atoms. The first kappa shape index (κ1) is 60.2. The molecule has 12 heteroatoms. The van der Waals surface area contributed by atoms with Gasteiger partial charge in [0.05, 0.1) is 68.4 Å². The Labute approximate surface area is 574 Å². The van der Waals surface area contributed by atoms with E-state index in [1.54, 1.807) is 24.8 Å². The summed E-state index contributed by atoms with van der Waals surface area (Å²) in [5, 5.41) is 18.4. The van der Waals surface area contributed by atoms with E-state index in [1.807, 2.05) is 36.9 Å². The highest BCUT2D eigenvalue weighted by atomic mass is 79.9. The van der Waals surface area contributed by atoms with Gasteiger partial charge in [0.15, 0.2) is 0 Å². The van der Waals surface area contributed by atoms with Crippen LogP contribution < -0.4 is 5.46 Å². The van der Waals surface area contributed by atoms with Crippen LogP contribution in [0.5, 0.6) is 0 Å². The van der Waals surface area contributed by atoms with Gasteiger partial charge in [0.25, 0.3) is 0 Å². The molecule has 10 nitrogen and oxygen atoms in total. The van der Waals surface area contributed by atoms with Crippen molar-refractivity contribution in [2.24, 2.45) is 0 Å². The summed E-state index contributed by atoms with van der Waals surface area (Å²) in [7, 11) is -0.411. The Morgan fingerprint density at radius 3 is 1.07 bits per heavy atom. The molecule has 98 heavy (non-hydrogen) atoms. The number of halogens is 1. The molecular weight excluding hydrogens is 1270 g/mol. The van der Waals surface area contributed by atoms with Crippen LogP contribution in [0.2, 0.25) is 0 Å². The molecule has 0 aliphatic carbocycles. The van der Waals surface area contributed by atoms with Gasteiger partial charge in [0, 0.05) is 85.5 Å². The van der Waals surface area contributed by atoms with E-state index in [0.29, 0.717) is 0 Å². The third-order valence-corrected chi connectivity index (χ3v) is 20.4. The number of fused-ring (bicyclic) bond motifs is 12. The second-order valence-corrected chi connectivity index (χ2v) is 26.5. The topological polar surface area (TPSA) is 122 Å². The number of pyridine rings is 4. The third-order valence-electron chi connectivity index (χ3n) is 19.5. The fourth-order valence-electron chi connectivity index (χ4n) is 14.1. The molecule has 1 saturated heterocycles. The van der Waals surface area contributed by atoms with Crippen LogP contribution in [-0.2, 0) is 9.31 Å². The summed E-state index contributed by atoms with van der Waals surface area (Å²) in [6.07, 6.45) is 14.3. The Kier molecular flexibility index (Phi) is 15.1. The zero-order valence-electron chi connectivity index (χ0n) is 54.1. The molecule has 0 amide bonds. The number of hydrogen-bond donors (Lipinski definition) is 0. The lowest BCUT2D eigenvalue weighted by atomic mass is 9.75. The molecule has 0 radical (unpaired) electrons. The van der Waals surface area contributed by atoms with Crippen molar-refractivity contribution in [1.82, 2.24) is 39.9 Å². The van der Waals surface area contributed by atoms with Crippen LogP contribution in [0, 0.1) is 0 Å². The van der Waals surface area contributed by atoms with Crippen molar-refractivity contribution in [2.45, 2.75) is 38.9 Å². The zero-order valence-corrected chi connectivity index (χ0v) is 55.6. The van der Waals surface area contributed by atoms with Gasteiger partial charge < -0.3 is 9.31 Å². The van der Waals surface area contributed by atoms with E-state index in [4.69, 9.17) is 24.3 Å². The Bertz CT molecular complexity index is 6070. The molecule has 0 bridgehead atoms. The summed E-state index contributed by atoms with van der Waals surface area (Å²) < 4.78 is 13.9. The van der Waals surface area contributed by atoms with Gasteiger partial charge in [-0.1, -0.05) is 218 Å². The number of aromatic nitrogens is 8. The molecule has 1 fully saturated rings. The van der Waals surface area contributed by atoms with Crippen LogP contribution in [0.25, 0.3) is 164 Å². The van der Waals surface area contributed by atoms with Crippen molar-refractivity contribution < 1.29 is 9.31 Å². The van der Waals surface area contributed by atoms with Gasteiger partial charge in [-0.2, -0.15) is 0 Å². The lowest BCUT2D eigenvalue weighted by molar-refractivity contribution is 0.00578. The second-order valence-electron chi connectivity index (χ2n) is 25.7. The van der Waals surface area contributed by atoms with Crippen LogP contribution in [0.3, 0.4) is 0 Å². The van der Waals surface area contributed by atoms with Crippen molar-refractivity contribution in [3.05, 3.63) is 297 Å². The van der Waals surface area contributed by atoms with E-state index in [0.717, 1.165) is 126 Å². The molecule has 1 aliphatic rings. The average Bonchev–Trinajstić information content (AvgIpc) is 0.865. The number of benzene rings is 12. The highest BCUT2D eigenvalue weighted by molar-refractivity contribution is 9.10. The molecule has 0 unspecified atom stereocenters. The van der Waals surface area contributed by atoms with Crippen LogP contribution in [0.15, 0.2) is 297 Å². The number of rotatable bonds is 6. The normalized spacial score (nSPS) is 13.4. The lowest BCUT2D eigenvalue weighted by Gasteiger charge is -2.32.